The number of carbonyl (C=O) groups excluding carboxylic acids is 2. The molecule has 1 saturated carbocycles. The smallest absolute Gasteiger partial charge is 0.417 e. The summed E-state index contributed by atoms with van der Waals surface area (Å²) in [5.74, 6) is 0.0913. The molecule has 2 aromatic carbocycles. The lowest BCUT2D eigenvalue weighted by Gasteiger charge is -2.47. The number of benzene rings is 2. The molecule has 5 atom stereocenters. The van der Waals surface area contributed by atoms with E-state index in [9.17, 15) is 9.59 Å². The molecule has 2 amide bonds. The molecule has 4 rings (SSSR count). The molecule has 0 aromatic heterocycles. The Morgan fingerprint density at radius 3 is 2.35 bits per heavy atom. The molecule has 2 aromatic rings. The van der Waals surface area contributed by atoms with E-state index in [1.807, 2.05) is 49.4 Å². The Labute approximate surface area is 229 Å². The van der Waals surface area contributed by atoms with Gasteiger partial charge < -0.3 is 14.2 Å². The minimum Gasteiger partial charge on any atom is -0.497 e. The average molecular weight is 549 g/mol. The van der Waals surface area contributed by atoms with E-state index in [4.69, 9.17) is 37.4 Å². The minimum atomic E-state index is -0.870. The van der Waals surface area contributed by atoms with Crippen molar-refractivity contribution in [3.8, 4) is 5.75 Å². The van der Waals surface area contributed by atoms with Gasteiger partial charge in [-0.15, -0.1) is 0 Å². The Morgan fingerprint density at radius 2 is 1.78 bits per heavy atom. The Balaban J connectivity index is 1.87. The Hall–Kier alpha value is -2.28. The number of amides is 2. The van der Waals surface area contributed by atoms with Crippen LogP contribution in [0.2, 0.25) is 10.0 Å². The van der Waals surface area contributed by atoms with Crippen molar-refractivity contribution in [3.05, 3.63) is 63.6 Å². The van der Waals surface area contributed by atoms with Crippen LogP contribution in [0.1, 0.15) is 63.5 Å². The summed E-state index contributed by atoms with van der Waals surface area (Å²) in [5.41, 5.74) is 0.430. The number of likely N-dealkylation sites (tertiary alicyclic amines) is 1. The number of carbonyl (C=O) groups is 2. The third-order valence-electron chi connectivity index (χ3n) is 7.79. The summed E-state index contributed by atoms with van der Waals surface area (Å²) in [6.07, 6.45) is 0.633. The predicted molar refractivity (Wildman–Crippen MR) is 145 cm³/mol. The molecule has 1 aliphatic heterocycles. The first-order valence-electron chi connectivity index (χ1n) is 12.6. The lowest BCUT2D eigenvalue weighted by Crippen LogP contribution is -2.47. The molecule has 8 heteroatoms. The van der Waals surface area contributed by atoms with Crippen LogP contribution in [-0.2, 0) is 14.3 Å². The van der Waals surface area contributed by atoms with Crippen LogP contribution in [-0.4, -0.2) is 49.4 Å². The molecule has 0 bridgehead atoms. The van der Waals surface area contributed by atoms with Gasteiger partial charge in [0.05, 0.1) is 19.1 Å². The van der Waals surface area contributed by atoms with Gasteiger partial charge in [0.1, 0.15) is 11.4 Å². The molecule has 1 heterocycles. The fraction of sp³-hybridized carbons (Fsp3) is 0.517. The number of methoxy groups -OCH3 is 2. The lowest BCUT2D eigenvalue weighted by atomic mass is 9.55. The number of halogens is 2. The van der Waals surface area contributed by atoms with Crippen LogP contribution < -0.4 is 4.74 Å². The van der Waals surface area contributed by atoms with E-state index < -0.39 is 23.2 Å². The largest absolute Gasteiger partial charge is 0.497 e. The van der Waals surface area contributed by atoms with Crippen LogP contribution in [0.25, 0.3) is 0 Å². The van der Waals surface area contributed by atoms with E-state index in [0.29, 0.717) is 28.6 Å². The highest BCUT2D eigenvalue weighted by atomic mass is 35.5. The van der Waals surface area contributed by atoms with Gasteiger partial charge in [-0.1, -0.05) is 41.4 Å². The number of imide groups is 1. The van der Waals surface area contributed by atoms with Crippen molar-refractivity contribution in [2.24, 2.45) is 11.3 Å². The monoisotopic (exact) mass is 547 g/mol. The first-order chi connectivity index (χ1) is 17.4. The Morgan fingerprint density at radius 1 is 1.11 bits per heavy atom. The van der Waals surface area contributed by atoms with E-state index in [1.54, 1.807) is 35.0 Å². The van der Waals surface area contributed by atoms with Gasteiger partial charge in [0.25, 0.3) is 0 Å². The zero-order valence-electron chi connectivity index (χ0n) is 22.2. The highest BCUT2D eigenvalue weighted by molar-refractivity contribution is 6.31. The SMILES string of the molecule is COC[C@@]12CC[C@@H](c3ccc(OC)cc3Cl)[C@H](c3ccc(Cl)cc3)[C@@H]1[C@@H](C)N(C(=O)OC(C)(C)C)C2=O. The van der Waals surface area contributed by atoms with Gasteiger partial charge in [-0.25, -0.2) is 9.69 Å². The van der Waals surface area contributed by atoms with E-state index >= 15 is 0 Å². The van der Waals surface area contributed by atoms with Gasteiger partial charge in [0, 0.05) is 29.1 Å². The molecule has 2 fully saturated rings. The van der Waals surface area contributed by atoms with E-state index in [2.05, 4.69) is 0 Å². The molecule has 2 aliphatic rings. The number of hydrogen-bond acceptors (Lipinski definition) is 5. The Kier molecular flexibility index (Phi) is 7.85. The van der Waals surface area contributed by atoms with Crippen molar-refractivity contribution in [3.63, 3.8) is 0 Å². The molecule has 1 aliphatic carbocycles. The molecule has 37 heavy (non-hydrogen) atoms. The number of fused-ring (bicyclic) bond motifs is 1. The zero-order chi connectivity index (χ0) is 27.1. The number of hydrogen-bond donors (Lipinski definition) is 0. The second-order valence-electron chi connectivity index (χ2n) is 11.1. The van der Waals surface area contributed by atoms with Gasteiger partial charge in [-0.3, -0.25) is 4.79 Å². The maximum absolute atomic E-state index is 14.1. The van der Waals surface area contributed by atoms with Crippen molar-refractivity contribution in [2.75, 3.05) is 20.8 Å². The lowest BCUT2D eigenvalue weighted by molar-refractivity contribution is -0.141. The third kappa shape index (κ3) is 5.08. The van der Waals surface area contributed by atoms with Gasteiger partial charge in [-0.2, -0.15) is 0 Å². The Bertz CT molecular complexity index is 1160. The highest BCUT2D eigenvalue weighted by Gasteiger charge is 2.65. The van der Waals surface area contributed by atoms with Crippen LogP contribution >= 0.6 is 23.2 Å². The molecule has 0 unspecified atom stereocenters. The normalized spacial score (nSPS) is 27.7. The van der Waals surface area contributed by atoms with Crippen molar-refractivity contribution in [2.45, 2.75) is 64.0 Å². The number of ether oxygens (including phenoxy) is 3. The van der Waals surface area contributed by atoms with Crippen LogP contribution in [0.3, 0.4) is 0 Å². The molecular formula is C29H35Cl2NO5. The van der Waals surface area contributed by atoms with E-state index in [0.717, 1.165) is 11.1 Å². The fourth-order valence-corrected chi connectivity index (χ4v) is 6.84. The van der Waals surface area contributed by atoms with E-state index in [-0.39, 0.29) is 30.3 Å². The van der Waals surface area contributed by atoms with Crippen LogP contribution in [0.15, 0.2) is 42.5 Å². The number of nitrogens with zero attached hydrogens (tertiary/aromatic N) is 1. The zero-order valence-corrected chi connectivity index (χ0v) is 23.7. The molecule has 0 N–H and O–H groups in total. The summed E-state index contributed by atoms with van der Waals surface area (Å²) in [5, 5.41) is 1.25. The minimum absolute atomic E-state index is 0.00315. The molecular weight excluding hydrogens is 513 g/mol. The first-order valence-corrected chi connectivity index (χ1v) is 13.3. The van der Waals surface area contributed by atoms with Crippen LogP contribution in [0.4, 0.5) is 4.79 Å². The summed E-state index contributed by atoms with van der Waals surface area (Å²) in [4.78, 5) is 28.7. The third-order valence-corrected chi connectivity index (χ3v) is 8.37. The quantitative estimate of drug-likeness (QED) is 0.400. The first kappa shape index (κ1) is 27.7. The van der Waals surface area contributed by atoms with Crippen molar-refractivity contribution in [1.82, 2.24) is 4.90 Å². The van der Waals surface area contributed by atoms with Gasteiger partial charge >= 0.3 is 6.09 Å². The maximum Gasteiger partial charge on any atom is 0.417 e. The average Bonchev–Trinajstić information content (AvgIpc) is 3.05. The summed E-state index contributed by atoms with van der Waals surface area (Å²) in [6, 6.07) is 13.1. The maximum atomic E-state index is 14.1. The topological polar surface area (TPSA) is 65.1 Å². The molecule has 0 spiro atoms. The van der Waals surface area contributed by atoms with Crippen LogP contribution in [0, 0.1) is 11.3 Å². The summed E-state index contributed by atoms with van der Waals surface area (Å²) >= 11 is 13.0. The van der Waals surface area contributed by atoms with Gasteiger partial charge in [-0.05, 0) is 87.8 Å². The summed E-state index contributed by atoms with van der Waals surface area (Å²) in [7, 11) is 3.21. The molecule has 1 saturated heterocycles. The number of rotatable bonds is 5. The summed E-state index contributed by atoms with van der Waals surface area (Å²) < 4.78 is 16.7. The second-order valence-corrected chi connectivity index (χ2v) is 12.0. The van der Waals surface area contributed by atoms with Gasteiger partial charge in [0.15, 0.2) is 0 Å². The van der Waals surface area contributed by atoms with Crippen molar-refractivity contribution < 1.29 is 23.8 Å². The molecule has 0 radical (unpaired) electrons. The molecule has 6 nitrogen and oxygen atoms in total. The van der Waals surface area contributed by atoms with Crippen molar-refractivity contribution in [1.29, 1.82) is 0 Å². The molecule has 200 valence electrons. The standard InChI is InChI=1S/C29H35Cl2NO5/c1-17-25-24(18-7-9-19(30)10-8-18)22(21-12-11-20(36-6)15-23(21)31)13-14-29(25,16-35-5)26(33)32(17)27(34)37-28(2,3)4/h7-12,15,17,22,24-25H,13-14,16H2,1-6H3/t17-,22+,24+,25+,29+/m1/s1. The fourth-order valence-electron chi connectivity index (χ4n) is 6.41. The van der Waals surface area contributed by atoms with Gasteiger partial charge in [0.2, 0.25) is 5.91 Å². The predicted octanol–water partition coefficient (Wildman–Crippen LogP) is 7.08. The highest BCUT2D eigenvalue weighted by Crippen LogP contribution is 2.61. The van der Waals surface area contributed by atoms with E-state index in [1.165, 1.54) is 4.90 Å². The second kappa shape index (κ2) is 10.5. The van der Waals surface area contributed by atoms with Crippen molar-refractivity contribution >= 4 is 35.2 Å². The van der Waals surface area contributed by atoms with Crippen LogP contribution in [0.5, 0.6) is 5.75 Å². The summed E-state index contributed by atoms with van der Waals surface area (Å²) in [6.45, 7) is 7.54.